The van der Waals surface area contributed by atoms with Crippen molar-refractivity contribution in [3.63, 3.8) is 0 Å². The monoisotopic (exact) mass is 235 g/mol. The highest BCUT2D eigenvalue weighted by atomic mass is 19.1. The molecule has 0 bridgehead atoms. The van der Waals surface area contributed by atoms with Crippen LogP contribution in [0.25, 0.3) is 10.9 Å². The number of nitrogens with zero attached hydrogens (tertiary/aromatic N) is 1. The van der Waals surface area contributed by atoms with E-state index in [9.17, 15) is 14.0 Å². The third-order valence-electron chi connectivity index (χ3n) is 2.57. The minimum Gasteiger partial charge on any atom is -0.463 e. The highest BCUT2D eigenvalue weighted by Crippen LogP contribution is 2.23. The molecular weight excluding hydrogens is 225 g/mol. The molecule has 4 nitrogen and oxygen atoms in total. The van der Waals surface area contributed by atoms with Crippen LogP contribution >= 0.6 is 0 Å². The van der Waals surface area contributed by atoms with Gasteiger partial charge in [0.25, 0.3) is 5.78 Å². The van der Waals surface area contributed by atoms with Gasteiger partial charge in [0.05, 0.1) is 18.2 Å². The van der Waals surface area contributed by atoms with Gasteiger partial charge in [-0.2, -0.15) is 0 Å². The van der Waals surface area contributed by atoms with Crippen LogP contribution in [0.4, 0.5) is 4.39 Å². The van der Waals surface area contributed by atoms with Crippen molar-refractivity contribution in [1.82, 2.24) is 4.57 Å². The predicted molar refractivity (Wildman–Crippen MR) is 59.2 cm³/mol. The summed E-state index contributed by atoms with van der Waals surface area (Å²) < 4.78 is 19.4. The van der Waals surface area contributed by atoms with E-state index in [0.29, 0.717) is 10.9 Å². The molecular formula is C12H10FNO3. The van der Waals surface area contributed by atoms with Crippen molar-refractivity contribution in [2.45, 2.75) is 0 Å². The van der Waals surface area contributed by atoms with Crippen molar-refractivity contribution in [2.75, 3.05) is 7.11 Å². The van der Waals surface area contributed by atoms with Gasteiger partial charge in [0.1, 0.15) is 5.82 Å². The first-order valence-corrected chi connectivity index (χ1v) is 4.92. The number of ether oxygens (including phenoxy) is 1. The summed E-state index contributed by atoms with van der Waals surface area (Å²) in [5.74, 6) is -2.17. The first-order chi connectivity index (χ1) is 8.06. The number of Topliss-reactive ketones (excluding diaryl/α,β-unsaturated/α-hetero) is 1. The molecule has 0 saturated heterocycles. The highest BCUT2D eigenvalue weighted by molar-refractivity contribution is 6.42. The average molecular weight is 235 g/mol. The van der Waals surface area contributed by atoms with E-state index in [1.165, 1.54) is 22.9 Å². The van der Waals surface area contributed by atoms with Crippen LogP contribution in [-0.4, -0.2) is 23.4 Å². The minimum atomic E-state index is -0.957. The molecule has 0 N–H and O–H groups in total. The van der Waals surface area contributed by atoms with E-state index in [1.807, 2.05) is 0 Å². The van der Waals surface area contributed by atoms with Gasteiger partial charge in [-0.3, -0.25) is 4.79 Å². The van der Waals surface area contributed by atoms with Gasteiger partial charge in [0.2, 0.25) is 0 Å². The van der Waals surface area contributed by atoms with Crippen LogP contribution in [0.2, 0.25) is 0 Å². The molecule has 0 fully saturated rings. The number of carbonyl (C=O) groups excluding carboxylic acids is 2. The van der Waals surface area contributed by atoms with E-state index in [2.05, 4.69) is 4.74 Å². The largest absolute Gasteiger partial charge is 0.463 e. The Hall–Kier alpha value is -2.17. The van der Waals surface area contributed by atoms with Crippen molar-refractivity contribution in [1.29, 1.82) is 0 Å². The molecule has 1 aromatic carbocycles. The molecule has 1 heterocycles. The Kier molecular flexibility index (Phi) is 2.67. The Morgan fingerprint density at radius 1 is 1.35 bits per heavy atom. The number of benzene rings is 1. The van der Waals surface area contributed by atoms with Crippen LogP contribution in [0.15, 0.2) is 24.4 Å². The number of para-hydroxylation sites is 1. The quantitative estimate of drug-likeness (QED) is 0.452. The van der Waals surface area contributed by atoms with Crippen LogP contribution < -0.4 is 0 Å². The second-order valence-corrected chi connectivity index (χ2v) is 3.61. The van der Waals surface area contributed by atoms with Crippen LogP contribution in [-0.2, 0) is 16.6 Å². The van der Waals surface area contributed by atoms with Crippen molar-refractivity contribution in [2.24, 2.45) is 7.05 Å². The number of fused-ring (bicyclic) bond motifs is 1. The van der Waals surface area contributed by atoms with Gasteiger partial charge in [-0.15, -0.1) is 0 Å². The summed E-state index contributed by atoms with van der Waals surface area (Å²) in [7, 11) is 2.74. The van der Waals surface area contributed by atoms with E-state index in [1.54, 1.807) is 13.1 Å². The molecule has 88 valence electrons. The number of carbonyl (C=O) groups is 2. The molecule has 1 aromatic heterocycles. The lowest BCUT2D eigenvalue weighted by molar-refractivity contribution is -0.135. The number of esters is 1. The second-order valence-electron chi connectivity index (χ2n) is 3.61. The number of rotatable bonds is 2. The third-order valence-corrected chi connectivity index (χ3v) is 2.57. The second kappa shape index (κ2) is 4.01. The summed E-state index contributed by atoms with van der Waals surface area (Å²) in [6.45, 7) is 0. The van der Waals surface area contributed by atoms with Crippen molar-refractivity contribution in [3.8, 4) is 0 Å². The van der Waals surface area contributed by atoms with E-state index in [-0.39, 0.29) is 5.56 Å². The topological polar surface area (TPSA) is 48.3 Å². The molecule has 0 aliphatic rings. The SMILES string of the molecule is COC(=O)C(=O)c1cn(C)c2c(F)cccc12. The van der Waals surface area contributed by atoms with E-state index in [4.69, 9.17) is 0 Å². The van der Waals surface area contributed by atoms with Crippen LogP contribution in [0.3, 0.4) is 0 Å². The molecule has 0 unspecified atom stereocenters. The fraction of sp³-hybridized carbons (Fsp3) is 0.167. The van der Waals surface area contributed by atoms with E-state index in [0.717, 1.165) is 7.11 Å². The normalized spacial score (nSPS) is 10.5. The first kappa shape index (κ1) is 11.3. The lowest BCUT2D eigenvalue weighted by Crippen LogP contribution is -2.15. The zero-order valence-electron chi connectivity index (χ0n) is 9.36. The fourth-order valence-electron chi connectivity index (χ4n) is 1.80. The molecule has 0 spiro atoms. The van der Waals surface area contributed by atoms with Gasteiger partial charge < -0.3 is 9.30 Å². The summed E-state index contributed by atoms with van der Waals surface area (Å²) in [5.41, 5.74) is 0.439. The molecule has 17 heavy (non-hydrogen) atoms. The number of aromatic nitrogens is 1. The molecule has 0 aliphatic heterocycles. The Balaban J connectivity index is 2.68. The number of ketones is 1. The average Bonchev–Trinajstić information content (AvgIpc) is 2.66. The van der Waals surface area contributed by atoms with Crippen molar-refractivity contribution >= 4 is 22.7 Å². The zero-order chi connectivity index (χ0) is 12.6. The number of methoxy groups -OCH3 is 1. The van der Waals surface area contributed by atoms with Crippen molar-refractivity contribution in [3.05, 3.63) is 35.8 Å². The van der Waals surface area contributed by atoms with Gasteiger partial charge in [0.15, 0.2) is 0 Å². The molecule has 0 saturated carbocycles. The third kappa shape index (κ3) is 1.69. The number of aryl methyl sites for hydroxylation is 1. The maximum atomic E-state index is 13.6. The van der Waals surface area contributed by atoms with Gasteiger partial charge in [-0.1, -0.05) is 12.1 Å². The van der Waals surface area contributed by atoms with Gasteiger partial charge in [0, 0.05) is 18.6 Å². The fourth-order valence-corrected chi connectivity index (χ4v) is 1.80. The number of halogens is 1. The number of hydrogen-bond acceptors (Lipinski definition) is 3. The van der Waals surface area contributed by atoms with Crippen LogP contribution in [0.5, 0.6) is 0 Å². The zero-order valence-corrected chi connectivity index (χ0v) is 9.36. The Morgan fingerprint density at radius 3 is 2.71 bits per heavy atom. The molecule has 0 amide bonds. The molecule has 0 aliphatic carbocycles. The highest BCUT2D eigenvalue weighted by Gasteiger charge is 2.22. The van der Waals surface area contributed by atoms with E-state index < -0.39 is 17.6 Å². The Labute approximate surface area is 96.6 Å². The lowest BCUT2D eigenvalue weighted by Gasteiger charge is -1.97. The van der Waals surface area contributed by atoms with Gasteiger partial charge in [-0.05, 0) is 6.07 Å². The van der Waals surface area contributed by atoms with Gasteiger partial charge in [-0.25, -0.2) is 9.18 Å². The maximum Gasteiger partial charge on any atom is 0.379 e. The summed E-state index contributed by atoms with van der Waals surface area (Å²) in [6.07, 6.45) is 1.42. The van der Waals surface area contributed by atoms with Crippen LogP contribution in [0.1, 0.15) is 10.4 Å². The standard InChI is InChI=1S/C12H10FNO3/c1-14-6-8(11(15)12(16)17-2)7-4-3-5-9(13)10(7)14/h3-6H,1-2H3. The van der Waals surface area contributed by atoms with Gasteiger partial charge >= 0.3 is 5.97 Å². The first-order valence-electron chi connectivity index (χ1n) is 4.92. The summed E-state index contributed by atoms with van der Waals surface area (Å²) in [6, 6.07) is 4.38. The predicted octanol–water partition coefficient (Wildman–Crippen LogP) is 1.67. The molecule has 0 atom stereocenters. The molecule has 0 radical (unpaired) electrons. The lowest BCUT2D eigenvalue weighted by atomic mass is 10.1. The molecule has 2 rings (SSSR count). The summed E-state index contributed by atoms with van der Waals surface area (Å²) >= 11 is 0. The number of hydrogen-bond donors (Lipinski definition) is 0. The molecule has 2 aromatic rings. The smallest absolute Gasteiger partial charge is 0.379 e. The maximum absolute atomic E-state index is 13.6. The van der Waals surface area contributed by atoms with E-state index >= 15 is 0 Å². The summed E-state index contributed by atoms with van der Waals surface area (Å²) in [5, 5.41) is 0.405. The Bertz CT molecular complexity index is 615. The summed E-state index contributed by atoms with van der Waals surface area (Å²) in [4.78, 5) is 22.9. The van der Waals surface area contributed by atoms with Crippen LogP contribution in [0, 0.1) is 5.82 Å². The Morgan fingerprint density at radius 2 is 2.06 bits per heavy atom. The molecule has 5 heteroatoms. The minimum absolute atomic E-state index is 0.147. The van der Waals surface area contributed by atoms with Crippen molar-refractivity contribution < 1.29 is 18.7 Å².